The van der Waals surface area contributed by atoms with Crippen LogP contribution in [0.5, 0.6) is 0 Å². The van der Waals surface area contributed by atoms with Gasteiger partial charge in [0, 0.05) is 6.26 Å². The Morgan fingerprint density at radius 2 is 2.12 bits per heavy atom. The maximum atomic E-state index is 11.2. The van der Waals surface area contributed by atoms with E-state index in [2.05, 4.69) is 15.0 Å². The molecule has 1 aromatic rings. The molecule has 1 heterocycles. The minimum atomic E-state index is -3.30. The number of methoxy groups -OCH3 is 1. The average molecular weight is 258 g/mol. The third-order valence-electron chi connectivity index (χ3n) is 2.05. The van der Waals surface area contributed by atoms with Gasteiger partial charge in [-0.1, -0.05) is 0 Å². The molecule has 1 unspecified atom stereocenters. The molecule has 7 heteroatoms. The largest absolute Gasteiger partial charge is 0.467 e. The van der Waals surface area contributed by atoms with Crippen LogP contribution in [0.4, 0.5) is 5.69 Å². The molecule has 0 radical (unpaired) electrons. The summed E-state index contributed by atoms with van der Waals surface area (Å²) >= 11 is 0. The molecular weight excluding hydrogens is 244 g/mol. The van der Waals surface area contributed by atoms with Crippen molar-refractivity contribution in [3.05, 3.63) is 18.3 Å². The van der Waals surface area contributed by atoms with Crippen LogP contribution >= 0.6 is 0 Å². The Morgan fingerprint density at radius 1 is 1.47 bits per heavy atom. The third kappa shape index (κ3) is 3.70. The van der Waals surface area contributed by atoms with Crippen LogP contribution in [0.3, 0.4) is 0 Å². The van der Waals surface area contributed by atoms with E-state index >= 15 is 0 Å². The summed E-state index contributed by atoms with van der Waals surface area (Å²) in [5.41, 5.74) is 0.551. The van der Waals surface area contributed by atoms with Gasteiger partial charge >= 0.3 is 5.97 Å². The fraction of sp³-hybridized carbons (Fsp3) is 0.400. The quantitative estimate of drug-likeness (QED) is 0.790. The highest BCUT2D eigenvalue weighted by Gasteiger charge is 2.13. The van der Waals surface area contributed by atoms with Gasteiger partial charge in [0.15, 0.2) is 14.9 Å². The van der Waals surface area contributed by atoms with E-state index in [9.17, 15) is 13.2 Å². The molecule has 1 N–H and O–H groups in total. The number of hydrogen-bond acceptors (Lipinski definition) is 6. The Bertz CT molecular complexity index is 496. The van der Waals surface area contributed by atoms with E-state index in [-0.39, 0.29) is 5.03 Å². The van der Waals surface area contributed by atoms with Gasteiger partial charge in [-0.2, -0.15) is 0 Å². The molecule has 0 aromatic carbocycles. The number of sulfone groups is 1. The van der Waals surface area contributed by atoms with Crippen LogP contribution < -0.4 is 5.32 Å². The summed E-state index contributed by atoms with van der Waals surface area (Å²) in [6.45, 7) is 1.64. The smallest absolute Gasteiger partial charge is 0.327 e. The van der Waals surface area contributed by atoms with Gasteiger partial charge in [-0.05, 0) is 19.1 Å². The van der Waals surface area contributed by atoms with Crippen molar-refractivity contribution >= 4 is 21.5 Å². The number of pyridine rings is 1. The minimum absolute atomic E-state index is 0.00577. The Hall–Kier alpha value is -1.63. The Morgan fingerprint density at radius 3 is 2.53 bits per heavy atom. The molecule has 0 bridgehead atoms. The van der Waals surface area contributed by atoms with Crippen molar-refractivity contribution in [3.8, 4) is 0 Å². The molecular formula is C10H14N2O4S. The van der Waals surface area contributed by atoms with Crippen molar-refractivity contribution in [2.24, 2.45) is 0 Å². The van der Waals surface area contributed by atoms with Gasteiger partial charge in [0.2, 0.25) is 0 Å². The highest BCUT2D eigenvalue weighted by atomic mass is 32.2. The second-order valence-corrected chi connectivity index (χ2v) is 5.51. The Labute approximate surface area is 99.9 Å². The number of ether oxygens (including phenoxy) is 1. The number of aromatic nitrogens is 1. The molecule has 0 aliphatic heterocycles. The van der Waals surface area contributed by atoms with Crippen molar-refractivity contribution in [1.82, 2.24) is 4.98 Å². The first-order chi connectivity index (χ1) is 7.84. The normalized spacial score (nSPS) is 12.9. The lowest BCUT2D eigenvalue weighted by Crippen LogP contribution is -2.27. The van der Waals surface area contributed by atoms with E-state index in [4.69, 9.17) is 0 Å². The lowest BCUT2D eigenvalue weighted by molar-refractivity contribution is -0.141. The summed E-state index contributed by atoms with van der Waals surface area (Å²) < 4.78 is 26.9. The van der Waals surface area contributed by atoms with Crippen molar-refractivity contribution in [2.75, 3.05) is 18.7 Å². The molecule has 0 fully saturated rings. The van der Waals surface area contributed by atoms with Gasteiger partial charge in [-0.25, -0.2) is 18.2 Å². The van der Waals surface area contributed by atoms with Crippen LogP contribution in [-0.4, -0.2) is 38.8 Å². The molecule has 0 saturated carbocycles. The first-order valence-corrected chi connectivity index (χ1v) is 6.74. The van der Waals surface area contributed by atoms with Crippen molar-refractivity contribution < 1.29 is 17.9 Å². The number of anilines is 1. The van der Waals surface area contributed by atoms with Gasteiger partial charge < -0.3 is 10.1 Å². The van der Waals surface area contributed by atoms with Gasteiger partial charge in [-0.15, -0.1) is 0 Å². The zero-order valence-electron chi connectivity index (χ0n) is 9.80. The predicted molar refractivity (Wildman–Crippen MR) is 62.4 cm³/mol. The number of nitrogens with zero attached hydrogens (tertiary/aromatic N) is 1. The van der Waals surface area contributed by atoms with Gasteiger partial charge in [0.05, 0.1) is 19.0 Å². The maximum absolute atomic E-state index is 11.2. The fourth-order valence-electron chi connectivity index (χ4n) is 1.17. The predicted octanol–water partition coefficient (Wildman–Crippen LogP) is 0.458. The van der Waals surface area contributed by atoms with E-state index in [1.54, 1.807) is 13.0 Å². The first-order valence-electron chi connectivity index (χ1n) is 4.85. The lowest BCUT2D eigenvalue weighted by atomic mass is 10.3. The molecule has 0 amide bonds. The standard InChI is InChI=1S/C10H14N2O4S/c1-7(10(13)16-2)12-8-4-5-9(11-6-8)17(3,14)15/h4-7,12H,1-3H3. The zero-order chi connectivity index (χ0) is 13.1. The fourth-order valence-corrected chi connectivity index (χ4v) is 1.73. The van der Waals surface area contributed by atoms with Gasteiger partial charge in [0.25, 0.3) is 0 Å². The molecule has 6 nitrogen and oxygen atoms in total. The van der Waals surface area contributed by atoms with Crippen LogP contribution in [0.2, 0.25) is 0 Å². The average Bonchev–Trinajstić information content (AvgIpc) is 2.27. The molecule has 0 saturated heterocycles. The monoisotopic (exact) mass is 258 g/mol. The van der Waals surface area contributed by atoms with E-state index in [1.165, 1.54) is 19.4 Å². The second-order valence-electron chi connectivity index (χ2n) is 3.55. The van der Waals surface area contributed by atoms with Crippen LogP contribution in [-0.2, 0) is 19.4 Å². The SMILES string of the molecule is COC(=O)C(C)Nc1ccc(S(C)(=O)=O)nc1. The summed E-state index contributed by atoms with van der Waals surface area (Å²) in [6, 6.07) is 2.40. The van der Waals surface area contributed by atoms with Gasteiger partial charge in [0.1, 0.15) is 6.04 Å². The summed E-state index contributed by atoms with van der Waals surface area (Å²) in [4.78, 5) is 14.9. The second kappa shape index (κ2) is 5.13. The lowest BCUT2D eigenvalue weighted by Gasteiger charge is -2.12. The van der Waals surface area contributed by atoms with Crippen LogP contribution in [0.25, 0.3) is 0 Å². The molecule has 1 atom stereocenters. The molecule has 1 aromatic heterocycles. The van der Waals surface area contributed by atoms with Crippen molar-refractivity contribution in [2.45, 2.75) is 18.0 Å². The van der Waals surface area contributed by atoms with Gasteiger partial charge in [-0.3, -0.25) is 0 Å². The molecule has 0 aliphatic rings. The van der Waals surface area contributed by atoms with Crippen molar-refractivity contribution in [1.29, 1.82) is 0 Å². The number of carbonyl (C=O) groups is 1. The third-order valence-corrected chi connectivity index (χ3v) is 3.06. The van der Waals surface area contributed by atoms with Crippen LogP contribution in [0, 0.1) is 0 Å². The minimum Gasteiger partial charge on any atom is -0.467 e. The van der Waals surface area contributed by atoms with Crippen molar-refractivity contribution in [3.63, 3.8) is 0 Å². The van der Waals surface area contributed by atoms with E-state index in [0.29, 0.717) is 5.69 Å². The highest BCUT2D eigenvalue weighted by Crippen LogP contribution is 2.11. The molecule has 0 aliphatic carbocycles. The van der Waals surface area contributed by atoms with E-state index in [0.717, 1.165) is 6.26 Å². The molecule has 94 valence electrons. The zero-order valence-corrected chi connectivity index (χ0v) is 10.6. The Balaban J connectivity index is 2.79. The molecule has 17 heavy (non-hydrogen) atoms. The van der Waals surface area contributed by atoms with E-state index < -0.39 is 21.8 Å². The number of nitrogens with one attached hydrogen (secondary N) is 1. The summed E-state index contributed by atoms with van der Waals surface area (Å²) in [5, 5.41) is 2.83. The first kappa shape index (κ1) is 13.4. The highest BCUT2D eigenvalue weighted by molar-refractivity contribution is 7.90. The maximum Gasteiger partial charge on any atom is 0.327 e. The summed E-state index contributed by atoms with van der Waals surface area (Å²) in [7, 11) is -2.00. The summed E-state index contributed by atoms with van der Waals surface area (Å²) in [5.74, 6) is -0.405. The van der Waals surface area contributed by atoms with E-state index in [1.807, 2.05) is 0 Å². The number of carbonyl (C=O) groups excluding carboxylic acids is 1. The molecule has 0 spiro atoms. The topological polar surface area (TPSA) is 85.4 Å². The number of hydrogen-bond donors (Lipinski definition) is 1. The van der Waals surface area contributed by atoms with Crippen LogP contribution in [0.15, 0.2) is 23.4 Å². The summed E-state index contributed by atoms with van der Waals surface area (Å²) in [6.07, 6.45) is 2.44. The molecule has 1 rings (SSSR count). The number of esters is 1. The van der Waals surface area contributed by atoms with Crippen LogP contribution in [0.1, 0.15) is 6.92 Å². The Kier molecular flexibility index (Phi) is 4.06. The number of rotatable bonds is 4.